The van der Waals surface area contributed by atoms with Crippen molar-refractivity contribution in [2.24, 2.45) is 5.92 Å². The quantitative estimate of drug-likeness (QED) is 0.763. The summed E-state index contributed by atoms with van der Waals surface area (Å²) >= 11 is 0. The molecule has 0 amide bonds. The summed E-state index contributed by atoms with van der Waals surface area (Å²) in [6.45, 7) is 3.50. The normalized spacial score (nSPS) is 11.1. The molecule has 0 N–H and O–H groups in total. The lowest BCUT2D eigenvalue weighted by Gasteiger charge is -2.08. The average molecular weight is 237 g/mol. The van der Waals surface area contributed by atoms with E-state index in [9.17, 15) is 9.18 Å². The number of esters is 1. The maximum Gasteiger partial charge on any atom is 0.310 e. The van der Waals surface area contributed by atoms with Gasteiger partial charge in [0.2, 0.25) is 0 Å². The third kappa shape index (κ3) is 2.41. The molecular formula is C11H12FN3O2. The number of halogens is 1. The predicted molar refractivity (Wildman–Crippen MR) is 58.4 cm³/mol. The second kappa shape index (κ2) is 4.48. The highest BCUT2D eigenvalue weighted by molar-refractivity contribution is 5.72. The molecule has 0 saturated carbocycles. The van der Waals surface area contributed by atoms with Gasteiger partial charge in [0.15, 0.2) is 12.4 Å². The zero-order valence-corrected chi connectivity index (χ0v) is 9.55. The first-order valence-electron chi connectivity index (χ1n) is 5.21. The van der Waals surface area contributed by atoms with Crippen molar-refractivity contribution in [2.75, 3.05) is 0 Å². The van der Waals surface area contributed by atoms with Crippen molar-refractivity contribution in [1.82, 2.24) is 14.5 Å². The number of hydrogen-bond acceptors (Lipinski definition) is 4. The molecule has 0 aliphatic rings. The van der Waals surface area contributed by atoms with E-state index in [2.05, 4.69) is 9.97 Å². The number of hydrogen-bond donors (Lipinski definition) is 0. The monoisotopic (exact) mass is 237 g/mol. The van der Waals surface area contributed by atoms with Gasteiger partial charge in [0.05, 0.1) is 17.6 Å². The van der Waals surface area contributed by atoms with Crippen LogP contribution in [0.2, 0.25) is 0 Å². The molecule has 0 aliphatic carbocycles. The number of carbonyl (C=O) groups excluding carboxylic acids is 1. The van der Waals surface area contributed by atoms with Crippen molar-refractivity contribution in [3.63, 3.8) is 0 Å². The summed E-state index contributed by atoms with van der Waals surface area (Å²) < 4.78 is 19.6. The molecular weight excluding hydrogens is 225 g/mol. The minimum Gasteiger partial charge on any atom is -0.444 e. The van der Waals surface area contributed by atoms with Crippen LogP contribution in [-0.2, 0) is 16.3 Å². The summed E-state index contributed by atoms with van der Waals surface area (Å²) in [4.78, 5) is 19.1. The van der Waals surface area contributed by atoms with Gasteiger partial charge in [-0.15, -0.1) is 0 Å². The fourth-order valence-corrected chi connectivity index (χ4v) is 1.32. The Hall–Kier alpha value is -1.98. The van der Waals surface area contributed by atoms with Crippen molar-refractivity contribution in [3.8, 4) is 0 Å². The Morgan fingerprint density at radius 2 is 2.29 bits per heavy atom. The largest absolute Gasteiger partial charge is 0.444 e. The van der Waals surface area contributed by atoms with Crippen LogP contribution < -0.4 is 0 Å². The summed E-state index contributed by atoms with van der Waals surface area (Å²) in [6.07, 6.45) is 2.56. The molecule has 17 heavy (non-hydrogen) atoms. The molecule has 0 aromatic carbocycles. The highest BCUT2D eigenvalue weighted by Gasteiger charge is 2.10. The first-order chi connectivity index (χ1) is 8.08. The lowest BCUT2D eigenvalue weighted by Crippen LogP contribution is -2.14. The van der Waals surface area contributed by atoms with E-state index in [0.717, 1.165) is 6.20 Å². The van der Waals surface area contributed by atoms with Crippen molar-refractivity contribution < 1.29 is 13.9 Å². The number of nitrogens with zero attached hydrogens (tertiary/aromatic N) is 3. The van der Waals surface area contributed by atoms with Gasteiger partial charge in [0.1, 0.15) is 12.1 Å². The van der Waals surface area contributed by atoms with E-state index >= 15 is 0 Å². The number of carbonyl (C=O) groups is 1. The Morgan fingerprint density at radius 3 is 3.00 bits per heavy atom. The molecule has 90 valence electrons. The van der Waals surface area contributed by atoms with Gasteiger partial charge in [0, 0.05) is 6.07 Å². The van der Waals surface area contributed by atoms with Crippen LogP contribution in [0.1, 0.15) is 13.8 Å². The third-order valence-corrected chi connectivity index (χ3v) is 2.26. The Morgan fingerprint density at radius 1 is 1.53 bits per heavy atom. The van der Waals surface area contributed by atoms with E-state index in [1.807, 2.05) is 0 Å². The van der Waals surface area contributed by atoms with Gasteiger partial charge in [-0.2, -0.15) is 0 Å². The molecule has 0 aliphatic heterocycles. The molecule has 2 aromatic rings. The smallest absolute Gasteiger partial charge is 0.310 e. The van der Waals surface area contributed by atoms with E-state index in [0.29, 0.717) is 11.2 Å². The Labute approximate surface area is 97.2 Å². The van der Waals surface area contributed by atoms with E-state index in [1.54, 1.807) is 13.8 Å². The summed E-state index contributed by atoms with van der Waals surface area (Å²) in [6, 6.07) is 1.30. The molecule has 0 saturated heterocycles. The van der Waals surface area contributed by atoms with Gasteiger partial charge in [-0.3, -0.25) is 9.36 Å². The number of fused-ring (bicyclic) bond motifs is 1. The van der Waals surface area contributed by atoms with Gasteiger partial charge in [-0.25, -0.2) is 14.4 Å². The molecule has 0 unspecified atom stereocenters. The third-order valence-electron chi connectivity index (χ3n) is 2.26. The van der Waals surface area contributed by atoms with Crippen LogP contribution in [0, 0.1) is 11.7 Å². The van der Waals surface area contributed by atoms with Crippen LogP contribution in [0.3, 0.4) is 0 Å². The van der Waals surface area contributed by atoms with Crippen LogP contribution in [0.5, 0.6) is 0 Å². The van der Waals surface area contributed by atoms with Crippen LogP contribution in [-0.4, -0.2) is 20.5 Å². The van der Waals surface area contributed by atoms with Crippen LogP contribution in [0.25, 0.3) is 11.2 Å². The molecule has 0 atom stereocenters. The lowest BCUT2D eigenvalue weighted by molar-refractivity contribution is -0.151. The predicted octanol–water partition coefficient (Wildman–Crippen LogP) is 1.73. The highest BCUT2D eigenvalue weighted by atomic mass is 19.1. The minimum atomic E-state index is -0.450. The standard InChI is InChI=1S/C11H12FN3O2/c1-7(2)11(16)17-6-15-5-14-10-9(15)3-8(12)4-13-10/h3-5,7H,6H2,1-2H3. The van der Waals surface area contributed by atoms with Crippen molar-refractivity contribution in [3.05, 3.63) is 24.4 Å². The Balaban J connectivity index is 2.19. The SMILES string of the molecule is CC(C)C(=O)OCn1cnc2ncc(F)cc21. The maximum atomic E-state index is 13.0. The molecule has 5 nitrogen and oxygen atoms in total. The van der Waals surface area contributed by atoms with Gasteiger partial charge in [0.25, 0.3) is 0 Å². The van der Waals surface area contributed by atoms with Crippen LogP contribution in [0.4, 0.5) is 4.39 Å². The first-order valence-corrected chi connectivity index (χ1v) is 5.21. The first kappa shape index (κ1) is 11.5. The average Bonchev–Trinajstić information content (AvgIpc) is 2.68. The Bertz CT molecular complexity index is 551. The lowest BCUT2D eigenvalue weighted by atomic mass is 10.2. The van der Waals surface area contributed by atoms with Crippen LogP contribution >= 0.6 is 0 Å². The summed E-state index contributed by atoms with van der Waals surface area (Å²) in [5, 5.41) is 0. The van der Waals surface area contributed by atoms with E-state index in [4.69, 9.17) is 4.74 Å². The highest BCUT2D eigenvalue weighted by Crippen LogP contribution is 2.11. The molecule has 6 heteroatoms. The van der Waals surface area contributed by atoms with E-state index in [-0.39, 0.29) is 18.6 Å². The molecule has 0 radical (unpaired) electrons. The Kier molecular flexibility index (Phi) is 3.03. The van der Waals surface area contributed by atoms with E-state index in [1.165, 1.54) is 17.0 Å². The second-order valence-corrected chi connectivity index (χ2v) is 3.96. The fraction of sp³-hybridized carbons (Fsp3) is 0.364. The number of aromatic nitrogens is 3. The van der Waals surface area contributed by atoms with Crippen molar-refractivity contribution in [1.29, 1.82) is 0 Å². The number of ether oxygens (including phenoxy) is 1. The topological polar surface area (TPSA) is 57.0 Å². The minimum absolute atomic E-state index is 0.0125. The number of rotatable bonds is 3. The van der Waals surface area contributed by atoms with Crippen molar-refractivity contribution in [2.45, 2.75) is 20.6 Å². The summed E-state index contributed by atoms with van der Waals surface area (Å²) in [5.74, 6) is -0.953. The molecule has 0 bridgehead atoms. The molecule has 0 spiro atoms. The summed E-state index contributed by atoms with van der Waals surface area (Å²) in [7, 11) is 0. The van der Waals surface area contributed by atoms with Gasteiger partial charge in [-0.05, 0) is 0 Å². The number of imidazole rings is 1. The van der Waals surface area contributed by atoms with E-state index < -0.39 is 5.82 Å². The van der Waals surface area contributed by atoms with Gasteiger partial charge >= 0.3 is 5.97 Å². The number of pyridine rings is 1. The molecule has 2 rings (SSSR count). The maximum absolute atomic E-state index is 13.0. The molecule has 0 fully saturated rings. The van der Waals surface area contributed by atoms with Crippen LogP contribution in [0.15, 0.2) is 18.6 Å². The van der Waals surface area contributed by atoms with Crippen molar-refractivity contribution >= 4 is 17.1 Å². The second-order valence-electron chi connectivity index (χ2n) is 3.96. The fourth-order valence-electron chi connectivity index (χ4n) is 1.32. The summed E-state index contributed by atoms with van der Waals surface area (Å²) in [5.41, 5.74) is 0.925. The molecule has 2 heterocycles. The molecule has 2 aromatic heterocycles. The zero-order chi connectivity index (χ0) is 12.4. The zero-order valence-electron chi connectivity index (χ0n) is 9.55. The van der Waals surface area contributed by atoms with Gasteiger partial charge < -0.3 is 4.74 Å². The van der Waals surface area contributed by atoms with Gasteiger partial charge in [-0.1, -0.05) is 13.8 Å².